The van der Waals surface area contributed by atoms with Crippen molar-refractivity contribution >= 4 is 16.9 Å². The smallest absolute Gasteiger partial charge is 0.287 e. The van der Waals surface area contributed by atoms with Gasteiger partial charge in [-0.2, -0.15) is 0 Å². The van der Waals surface area contributed by atoms with Crippen molar-refractivity contribution in [2.24, 2.45) is 0 Å². The number of hydrogen-bond donors (Lipinski definition) is 1. The van der Waals surface area contributed by atoms with Gasteiger partial charge in [0.2, 0.25) is 0 Å². The van der Waals surface area contributed by atoms with E-state index in [9.17, 15) is 4.79 Å². The third-order valence-electron chi connectivity index (χ3n) is 6.51. The molecule has 3 aromatic rings. The highest BCUT2D eigenvalue weighted by molar-refractivity contribution is 6.00. The Bertz CT molecular complexity index is 1090. The summed E-state index contributed by atoms with van der Waals surface area (Å²) in [7, 11) is 0. The quantitative estimate of drug-likeness (QED) is 0.573. The van der Waals surface area contributed by atoms with Crippen molar-refractivity contribution in [2.45, 2.75) is 46.6 Å². The van der Waals surface area contributed by atoms with Crippen molar-refractivity contribution in [1.29, 1.82) is 0 Å². The lowest BCUT2D eigenvalue weighted by molar-refractivity contribution is 0.0161. The summed E-state index contributed by atoms with van der Waals surface area (Å²) < 4.78 is 11.6. The molecule has 1 N–H and O–H groups in total. The van der Waals surface area contributed by atoms with Gasteiger partial charge in [0, 0.05) is 30.6 Å². The number of carbonyl (C=O) groups is 1. The van der Waals surface area contributed by atoms with Crippen molar-refractivity contribution in [3.05, 3.63) is 70.0 Å². The van der Waals surface area contributed by atoms with E-state index in [1.54, 1.807) is 0 Å². The van der Waals surface area contributed by atoms with Crippen LogP contribution in [-0.2, 0) is 4.74 Å². The van der Waals surface area contributed by atoms with Crippen LogP contribution in [0.5, 0.6) is 0 Å². The molecule has 0 aliphatic carbocycles. The summed E-state index contributed by atoms with van der Waals surface area (Å²) in [5, 5.41) is 4.19. The summed E-state index contributed by atoms with van der Waals surface area (Å²) >= 11 is 0. The topological polar surface area (TPSA) is 54.7 Å². The number of hydrogen-bond acceptors (Lipinski definition) is 4. The van der Waals surface area contributed by atoms with E-state index in [4.69, 9.17) is 9.15 Å². The van der Waals surface area contributed by atoms with Gasteiger partial charge in [-0.3, -0.25) is 9.69 Å². The monoisotopic (exact) mass is 434 g/mol. The van der Waals surface area contributed by atoms with Crippen LogP contribution in [0.3, 0.4) is 0 Å². The average Bonchev–Trinajstić information content (AvgIpc) is 3.11. The Morgan fingerprint density at radius 2 is 1.69 bits per heavy atom. The highest BCUT2D eigenvalue weighted by Gasteiger charge is 2.25. The van der Waals surface area contributed by atoms with Crippen molar-refractivity contribution in [1.82, 2.24) is 10.2 Å². The molecule has 0 saturated carbocycles. The highest BCUT2D eigenvalue weighted by atomic mass is 16.5. The Balaban J connectivity index is 1.56. The first-order valence-corrected chi connectivity index (χ1v) is 11.6. The van der Waals surface area contributed by atoms with Gasteiger partial charge in [0.25, 0.3) is 5.91 Å². The number of amides is 1. The SMILES string of the molecule is Cc1cc(C)c2c(C)c(C(=O)NC[C@@H](c3ccc(C(C)C)cc3)N3CCOCC3)oc2c1. The molecule has 0 unspecified atom stereocenters. The Kier molecular flexibility index (Phi) is 6.68. The molecule has 1 saturated heterocycles. The van der Waals surface area contributed by atoms with Crippen molar-refractivity contribution in [3.8, 4) is 0 Å². The van der Waals surface area contributed by atoms with Crippen LogP contribution in [-0.4, -0.2) is 43.7 Å². The van der Waals surface area contributed by atoms with Crippen molar-refractivity contribution in [2.75, 3.05) is 32.8 Å². The van der Waals surface area contributed by atoms with Gasteiger partial charge in [-0.05, 0) is 55.0 Å². The van der Waals surface area contributed by atoms with Crippen LogP contribution in [0.2, 0.25) is 0 Å². The second-order valence-electron chi connectivity index (χ2n) is 9.21. The summed E-state index contributed by atoms with van der Waals surface area (Å²) in [4.78, 5) is 15.5. The first kappa shape index (κ1) is 22.6. The molecule has 5 nitrogen and oxygen atoms in total. The summed E-state index contributed by atoms with van der Waals surface area (Å²) in [5.41, 5.74) is 6.48. The Hall–Kier alpha value is -2.63. The molecule has 32 heavy (non-hydrogen) atoms. The van der Waals surface area contributed by atoms with E-state index >= 15 is 0 Å². The largest absolute Gasteiger partial charge is 0.451 e. The Labute approximate surface area is 190 Å². The minimum Gasteiger partial charge on any atom is -0.451 e. The maximum atomic E-state index is 13.1. The molecule has 1 atom stereocenters. The molecule has 5 heteroatoms. The molecule has 1 aromatic heterocycles. The second kappa shape index (κ2) is 9.47. The predicted octanol–water partition coefficient (Wildman–Crippen LogP) is 5.28. The number of ether oxygens (including phenoxy) is 1. The zero-order chi connectivity index (χ0) is 22.8. The zero-order valence-electron chi connectivity index (χ0n) is 19.8. The molecule has 0 spiro atoms. The molecule has 0 radical (unpaired) electrons. The van der Waals surface area contributed by atoms with Crippen LogP contribution in [0, 0.1) is 20.8 Å². The van der Waals surface area contributed by atoms with Crippen LogP contribution in [0.15, 0.2) is 40.8 Å². The number of rotatable bonds is 6. The molecule has 2 heterocycles. The first-order valence-electron chi connectivity index (χ1n) is 11.6. The van der Waals surface area contributed by atoms with Gasteiger partial charge >= 0.3 is 0 Å². The fourth-order valence-electron chi connectivity index (χ4n) is 4.73. The minimum atomic E-state index is -0.159. The molecule has 1 amide bonds. The third-order valence-corrected chi connectivity index (χ3v) is 6.51. The Morgan fingerprint density at radius 1 is 1.03 bits per heavy atom. The number of furan rings is 1. The van der Waals surface area contributed by atoms with Gasteiger partial charge in [0.1, 0.15) is 5.58 Å². The van der Waals surface area contributed by atoms with Crippen LogP contribution in [0.1, 0.15) is 64.2 Å². The fraction of sp³-hybridized carbons (Fsp3) is 0.444. The normalized spacial score (nSPS) is 15.9. The molecule has 170 valence electrons. The summed E-state index contributed by atoms with van der Waals surface area (Å²) in [6.07, 6.45) is 0. The second-order valence-corrected chi connectivity index (χ2v) is 9.21. The molecule has 1 aliphatic heterocycles. The van der Waals surface area contributed by atoms with Gasteiger partial charge in [-0.15, -0.1) is 0 Å². The number of fused-ring (bicyclic) bond motifs is 1. The van der Waals surface area contributed by atoms with E-state index in [-0.39, 0.29) is 11.9 Å². The average molecular weight is 435 g/mol. The maximum Gasteiger partial charge on any atom is 0.287 e. The van der Waals surface area contributed by atoms with E-state index < -0.39 is 0 Å². The number of nitrogens with zero attached hydrogens (tertiary/aromatic N) is 1. The van der Waals surface area contributed by atoms with Crippen LogP contribution in [0.25, 0.3) is 11.0 Å². The van der Waals surface area contributed by atoms with Crippen molar-refractivity contribution in [3.63, 3.8) is 0 Å². The summed E-state index contributed by atoms with van der Waals surface area (Å²) in [6.45, 7) is 14.1. The van der Waals surface area contributed by atoms with Crippen LogP contribution in [0.4, 0.5) is 0 Å². The summed E-state index contributed by atoms with van der Waals surface area (Å²) in [5.74, 6) is 0.742. The van der Waals surface area contributed by atoms with E-state index in [0.29, 0.717) is 18.2 Å². The number of nitrogens with one attached hydrogen (secondary N) is 1. The standard InChI is InChI=1S/C27H34N2O3/c1-17(2)21-6-8-22(9-7-21)23(29-10-12-31-13-11-29)16-28-27(30)26-20(5)25-19(4)14-18(3)15-24(25)32-26/h6-9,14-15,17,23H,10-13,16H2,1-5H3,(H,28,30)/t23-/m0/s1. The minimum absolute atomic E-state index is 0.0951. The predicted molar refractivity (Wildman–Crippen MR) is 128 cm³/mol. The lowest BCUT2D eigenvalue weighted by atomic mass is 9.98. The van der Waals surface area contributed by atoms with Gasteiger partial charge in [-0.25, -0.2) is 0 Å². The molecule has 1 fully saturated rings. The molecule has 0 bridgehead atoms. The van der Waals surface area contributed by atoms with Gasteiger partial charge in [0.05, 0.1) is 19.3 Å². The van der Waals surface area contributed by atoms with E-state index in [1.807, 2.05) is 19.9 Å². The highest BCUT2D eigenvalue weighted by Crippen LogP contribution is 2.30. The van der Waals surface area contributed by atoms with Crippen LogP contribution >= 0.6 is 0 Å². The van der Waals surface area contributed by atoms with Gasteiger partial charge in [0.15, 0.2) is 5.76 Å². The molecular formula is C27H34N2O3. The number of carbonyl (C=O) groups excluding carboxylic acids is 1. The van der Waals surface area contributed by atoms with Gasteiger partial charge < -0.3 is 14.5 Å². The fourth-order valence-corrected chi connectivity index (χ4v) is 4.73. The lowest BCUT2D eigenvalue weighted by Crippen LogP contribution is -2.43. The number of morpholine rings is 1. The lowest BCUT2D eigenvalue weighted by Gasteiger charge is -2.35. The zero-order valence-corrected chi connectivity index (χ0v) is 19.8. The molecule has 2 aromatic carbocycles. The molecule has 1 aliphatic rings. The molecule has 4 rings (SSSR count). The Morgan fingerprint density at radius 3 is 2.34 bits per heavy atom. The first-order chi connectivity index (χ1) is 15.3. The summed E-state index contributed by atoms with van der Waals surface area (Å²) in [6, 6.07) is 13.0. The molecular weight excluding hydrogens is 400 g/mol. The maximum absolute atomic E-state index is 13.1. The van der Waals surface area contributed by atoms with Gasteiger partial charge in [-0.1, -0.05) is 44.2 Å². The van der Waals surface area contributed by atoms with Crippen LogP contribution < -0.4 is 5.32 Å². The van der Waals surface area contributed by atoms with Crippen molar-refractivity contribution < 1.29 is 13.9 Å². The number of aryl methyl sites for hydroxylation is 3. The number of benzene rings is 2. The third kappa shape index (κ3) is 4.59. The van der Waals surface area contributed by atoms with E-state index in [2.05, 4.69) is 61.3 Å². The van der Waals surface area contributed by atoms with E-state index in [0.717, 1.165) is 54.0 Å². The van der Waals surface area contributed by atoms with E-state index in [1.165, 1.54) is 11.1 Å².